The summed E-state index contributed by atoms with van der Waals surface area (Å²) < 4.78 is 12.5. The molecule has 11 nitrogen and oxygen atoms in total. The van der Waals surface area contributed by atoms with Crippen molar-refractivity contribution >= 4 is 52.8 Å². The van der Waals surface area contributed by atoms with Crippen molar-refractivity contribution in [2.24, 2.45) is 5.92 Å². The maximum Gasteiger partial charge on any atom is 0.407 e. The number of carbonyl (C=O) groups excluding carboxylic acids is 2. The molecule has 2 N–H and O–H groups in total. The number of nitro benzene ring substituents is 1. The Morgan fingerprint density at radius 1 is 1.00 bits per heavy atom. The number of alkyl carbamates (subject to hydrolysis) is 1. The summed E-state index contributed by atoms with van der Waals surface area (Å²) in [5.41, 5.74) is 0.907. The first kappa shape index (κ1) is 35.7. The van der Waals surface area contributed by atoms with Crippen molar-refractivity contribution in [3.8, 4) is 0 Å². The van der Waals surface area contributed by atoms with Crippen LogP contribution < -0.4 is 25.9 Å². The normalized spacial score (nSPS) is 14.2. The fourth-order valence-electron chi connectivity index (χ4n) is 5.93. The van der Waals surface area contributed by atoms with Gasteiger partial charge in [-0.05, 0) is 39.0 Å². The van der Waals surface area contributed by atoms with Crippen molar-refractivity contribution in [1.82, 2.24) is 15.6 Å². The monoisotopic (exact) mass is 701 g/mol. The fourth-order valence-corrected chi connectivity index (χ4v) is 11.4. The van der Waals surface area contributed by atoms with Crippen LogP contribution in [0, 0.1) is 16.0 Å². The minimum atomic E-state index is -2.67. The number of non-ortho nitro benzene ring substituents is 1. The number of thiazole rings is 1. The van der Waals surface area contributed by atoms with Gasteiger partial charge in [-0.3, -0.25) is 14.9 Å². The molecule has 0 radical (unpaired) electrons. The minimum Gasteiger partial charge on any atom is -0.445 e. The summed E-state index contributed by atoms with van der Waals surface area (Å²) in [6, 6.07) is 26.6. The topological polar surface area (TPSA) is 136 Å². The van der Waals surface area contributed by atoms with Crippen LogP contribution in [0.2, 0.25) is 5.04 Å². The number of ether oxygens (including phenoxy) is 1. The highest BCUT2D eigenvalue weighted by Crippen LogP contribution is 2.39. The van der Waals surface area contributed by atoms with Gasteiger partial charge in [0.05, 0.1) is 11.0 Å². The number of aromatic nitrogens is 1. The highest BCUT2D eigenvalue weighted by molar-refractivity contribution is 7.14. The quantitative estimate of drug-likeness (QED) is 0.106. The maximum absolute atomic E-state index is 13.2. The Bertz CT molecular complexity index is 1680. The maximum atomic E-state index is 13.2. The van der Waals surface area contributed by atoms with Gasteiger partial charge in [-0.1, -0.05) is 95.3 Å². The van der Waals surface area contributed by atoms with Crippen molar-refractivity contribution in [3.05, 3.63) is 112 Å². The molecule has 0 spiro atoms. The molecule has 0 bridgehead atoms. The van der Waals surface area contributed by atoms with Crippen molar-refractivity contribution in [3.63, 3.8) is 0 Å². The highest BCUT2D eigenvalue weighted by atomic mass is 32.1. The number of rotatable bonds is 13. The Labute approximate surface area is 291 Å². The Morgan fingerprint density at radius 3 is 2.12 bits per heavy atom. The molecule has 1 aromatic heterocycles. The molecule has 0 unspecified atom stereocenters. The van der Waals surface area contributed by atoms with Crippen LogP contribution in [0.1, 0.15) is 50.7 Å². The average molecular weight is 702 g/mol. The van der Waals surface area contributed by atoms with E-state index >= 15 is 0 Å². The number of nitrogens with zero attached hydrogens (tertiary/aromatic N) is 3. The first-order valence-electron chi connectivity index (χ1n) is 16.3. The van der Waals surface area contributed by atoms with Crippen molar-refractivity contribution in [2.75, 3.05) is 24.5 Å². The third-order valence-corrected chi connectivity index (χ3v) is 14.7. The zero-order chi connectivity index (χ0) is 35.2. The lowest BCUT2D eigenvalue weighted by Crippen LogP contribution is -2.70. The van der Waals surface area contributed by atoms with Gasteiger partial charge in [-0.15, -0.1) is 11.3 Å². The summed E-state index contributed by atoms with van der Waals surface area (Å²) in [4.78, 5) is 42.7. The molecule has 2 heterocycles. The van der Waals surface area contributed by atoms with Crippen LogP contribution in [0.15, 0.2) is 90.3 Å². The van der Waals surface area contributed by atoms with E-state index in [2.05, 4.69) is 89.8 Å². The summed E-state index contributed by atoms with van der Waals surface area (Å²) in [5.74, 6) is -0.297. The molecule has 0 saturated carbocycles. The zero-order valence-electron chi connectivity index (χ0n) is 28.4. The number of nitrogens with one attached hydrogen (secondary N) is 2. The molecule has 4 aromatic rings. The Balaban J connectivity index is 1.16. The molecule has 258 valence electrons. The number of hydrogen-bond donors (Lipinski definition) is 2. The van der Waals surface area contributed by atoms with E-state index in [9.17, 15) is 19.7 Å². The summed E-state index contributed by atoms with van der Waals surface area (Å²) in [6.07, 6.45) is -0.633. The van der Waals surface area contributed by atoms with Crippen molar-refractivity contribution in [2.45, 2.75) is 58.4 Å². The Hall–Kier alpha value is -4.59. The molecule has 1 aliphatic rings. The lowest BCUT2D eigenvalue weighted by atomic mass is 10.0. The van der Waals surface area contributed by atoms with Crippen LogP contribution >= 0.6 is 11.3 Å². The van der Waals surface area contributed by atoms with E-state index in [0.29, 0.717) is 24.3 Å². The Morgan fingerprint density at radius 2 is 1.59 bits per heavy atom. The van der Waals surface area contributed by atoms with Crippen LogP contribution in [0.3, 0.4) is 0 Å². The van der Waals surface area contributed by atoms with Crippen LogP contribution in [-0.4, -0.2) is 62.0 Å². The second-order valence-electron chi connectivity index (χ2n) is 13.5. The van der Waals surface area contributed by atoms with Gasteiger partial charge >= 0.3 is 6.09 Å². The van der Waals surface area contributed by atoms with E-state index < -0.39 is 19.3 Å². The number of hydrogen-bond acceptors (Lipinski definition) is 9. The summed E-state index contributed by atoms with van der Waals surface area (Å²) in [5, 5.41) is 21.4. The van der Waals surface area contributed by atoms with Crippen molar-refractivity contribution < 1.29 is 23.7 Å². The number of anilines is 1. The molecule has 0 aliphatic carbocycles. The molecule has 1 saturated heterocycles. The molecule has 5 rings (SSSR count). The van der Waals surface area contributed by atoms with E-state index in [-0.39, 0.29) is 47.8 Å². The number of benzene rings is 3. The molecule has 49 heavy (non-hydrogen) atoms. The highest BCUT2D eigenvalue weighted by Gasteiger charge is 2.52. The van der Waals surface area contributed by atoms with Gasteiger partial charge in [-0.2, -0.15) is 0 Å². The van der Waals surface area contributed by atoms with Gasteiger partial charge in [-0.25, -0.2) is 9.78 Å². The molecule has 1 fully saturated rings. The van der Waals surface area contributed by atoms with E-state index in [1.807, 2.05) is 26.0 Å². The van der Waals surface area contributed by atoms with Gasteiger partial charge < -0.3 is 24.7 Å². The van der Waals surface area contributed by atoms with E-state index in [1.165, 1.54) is 46.0 Å². The van der Waals surface area contributed by atoms with Gasteiger partial charge in [0.2, 0.25) is 0 Å². The summed E-state index contributed by atoms with van der Waals surface area (Å²) >= 11 is 1.42. The van der Waals surface area contributed by atoms with Crippen molar-refractivity contribution in [1.29, 1.82) is 0 Å². The second-order valence-corrected chi connectivity index (χ2v) is 18.6. The zero-order valence-corrected chi connectivity index (χ0v) is 30.2. The van der Waals surface area contributed by atoms with E-state index in [4.69, 9.17) is 9.16 Å². The molecule has 1 atom stereocenters. The van der Waals surface area contributed by atoms with Crippen LogP contribution in [-0.2, 0) is 15.8 Å². The standard InChI is InChI=1S/C36H43N5O6SSi/c1-25(2)31(20-37-35(43)46-23-26-16-18-27(19-17-26)41(44)45)38-33(42)32-24-48-34(39-32)40-21-28(22-40)47-49(36(3,4)5,29-12-8-6-9-13-29)30-14-10-7-11-15-30/h6-19,24-25,28,31H,20-23H2,1-5H3,(H,37,43)(H,38,42)/t31-/m1/s1. The second kappa shape index (κ2) is 15.3. The molecule has 1 aliphatic heterocycles. The minimum absolute atomic E-state index is 0.0176. The van der Waals surface area contributed by atoms with Gasteiger partial charge in [0.1, 0.15) is 12.3 Å². The van der Waals surface area contributed by atoms with Crippen LogP contribution in [0.4, 0.5) is 15.6 Å². The third-order valence-electron chi connectivity index (χ3n) is 8.71. The van der Waals surface area contributed by atoms with E-state index in [0.717, 1.165) is 5.13 Å². The van der Waals surface area contributed by atoms with Crippen LogP contribution in [0.25, 0.3) is 0 Å². The predicted molar refractivity (Wildman–Crippen MR) is 194 cm³/mol. The molecule has 13 heteroatoms. The summed E-state index contributed by atoms with van der Waals surface area (Å²) in [6.45, 7) is 12.2. The number of nitro groups is 1. The largest absolute Gasteiger partial charge is 0.445 e. The predicted octanol–water partition coefficient (Wildman–Crippen LogP) is 5.50. The SMILES string of the molecule is CC(C)[C@@H](CNC(=O)OCc1ccc([N+](=O)[O-])cc1)NC(=O)c1csc(N2CC(O[Si](c3ccccc3)(c3ccccc3)C(C)(C)C)C2)n1. The average Bonchev–Trinajstić information content (AvgIpc) is 3.55. The molecular formula is C36H43N5O6SSi. The van der Waals surface area contributed by atoms with Gasteiger partial charge in [0.15, 0.2) is 5.13 Å². The van der Waals surface area contributed by atoms with Gasteiger partial charge in [0.25, 0.3) is 19.9 Å². The smallest absolute Gasteiger partial charge is 0.407 e. The first-order chi connectivity index (χ1) is 23.4. The summed E-state index contributed by atoms with van der Waals surface area (Å²) in [7, 11) is -2.67. The first-order valence-corrected chi connectivity index (χ1v) is 19.1. The van der Waals surface area contributed by atoms with E-state index in [1.54, 1.807) is 5.38 Å². The Kier molecular flexibility index (Phi) is 11.2. The molecule has 3 aromatic carbocycles. The molecular weight excluding hydrogens is 659 g/mol. The number of amides is 2. The fraction of sp³-hybridized carbons (Fsp3) is 0.361. The third kappa shape index (κ3) is 8.35. The molecule has 2 amide bonds. The lowest BCUT2D eigenvalue weighted by Gasteiger charge is -2.49. The van der Waals surface area contributed by atoms with Gasteiger partial charge in [0, 0.05) is 43.2 Å². The van der Waals surface area contributed by atoms with Crippen LogP contribution in [0.5, 0.6) is 0 Å². The number of carbonyl (C=O) groups is 2. The lowest BCUT2D eigenvalue weighted by molar-refractivity contribution is -0.384.